The van der Waals surface area contributed by atoms with Crippen molar-refractivity contribution in [1.29, 1.82) is 0 Å². The van der Waals surface area contributed by atoms with Crippen LogP contribution in [0.1, 0.15) is 32.8 Å². The summed E-state index contributed by atoms with van der Waals surface area (Å²) in [5, 5.41) is 5.47. The minimum Gasteiger partial charge on any atom is -0.367 e. The fourth-order valence-electron chi connectivity index (χ4n) is 2.18. The van der Waals surface area contributed by atoms with Crippen molar-refractivity contribution < 1.29 is 0 Å². The number of thiophene rings is 1. The summed E-state index contributed by atoms with van der Waals surface area (Å²) in [6, 6.07) is 0.131. The number of nitrogens with two attached hydrogens (primary N) is 1. The number of nitrogens with zero attached hydrogens (tertiary/aromatic N) is 2. The first kappa shape index (κ1) is 14.2. The molecule has 0 bridgehead atoms. The molecule has 2 heterocycles. The molecule has 3 N–H and O–H groups in total. The molecule has 0 aliphatic carbocycles. The lowest BCUT2D eigenvalue weighted by molar-refractivity contribution is 0.344. The highest BCUT2D eigenvalue weighted by molar-refractivity contribution is 7.18. The molecule has 2 aromatic heterocycles. The molecule has 0 aromatic carbocycles. The van der Waals surface area contributed by atoms with Gasteiger partial charge < -0.3 is 11.1 Å². The normalized spacial score (nSPS) is 13.7. The van der Waals surface area contributed by atoms with Crippen molar-refractivity contribution in [3.63, 3.8) is 0 Å². The lowest BCUT2D eigenvalue weighted by Crippen LogP contribution is -2.33. The average molecular weight is 278 g/mol. The number of hydrogen-bond acceptors (Lipinski definition) is 5. The van der Waals surface area contributed by atoms with E-state index in [-0.39, 0.29) is 11.5 Å². The number of fused-ring (bicyclic) bond motifs is 1. The quantitative estimate of drug-likeness (QED) is 0.901. The van der Waals surface area contributed by atoms with Gasteiger partial charge in [0.05, 0.1) is 10.2 Å². The van der Waals surface area contributed by atoms with Crippen molar-refractivity contribution in [2.75, 3.05) is 11.9 Å². The van der Waals surface area contributed by atoms with Crippen molar-refractivity contribution >= 4 is 27.4 Å². The maximum atomic E-state index is 6.15. The highest BCUT2D eigenvalue weighted by Gasteiger charge is 2.16. The van der Waals surface area contributed by atoms with E-state index < -0.39 is 0 Å². The average Bonchev–Trinajstić information content (AvgIpc) is 2.67. The van der Waals surface area contributed by atoms with Crippen molar-refractivity contribution in [2.24, 2.45) is 11.1 Å². The van der Waals surface area contributed by atoms with E-state index in [1.165, 1.54) is 5.56 Å². The minimum absolute atomic E-state index is 0.131. The van der Waals surface area contributed by atoms with Gasteiger partial charge in [0.15, 0.2) is 0 Å². The second kappa shape index (κ2) is 5.43. The summed E-state index contributed by atoms with van der Waals surface area (Å²) < 4.78 is 1.11. The summed E-state index contributed by atoms with van der Waals surface area (Å²) in [4.78, 5) is 8.64. The van der Waals surface area contributed by atoms with Crippen LogP contribution in [0.4, 0.5) is 5.82 Å². The second-order valence-electron chi connectivity index (χ2n) is 6.22. The molecule has 1 unspecified atom stereocenters. The number of rotatable bonds is 4. The highest BCUT2D eigenvalue weighted by Crippen LogP contribution is 2.28. The Hall–Kier alpha value is -1.20. The Bertz CT molecular complexity index is 556. The first-order valence-corrected chi connectivity index (χ1v) is 7.43. The third-order valence-electron chi connectivity index (χ3n) is 2.94. The Balaban J connectivity index is 2.06. The van der Waals surface area contributed by atoms with Crippen LogP contribution in [-0.2, 0) is 0 Å². The van der Waals surface area contributed by atoms with Crippen molar-refractivity contribution in [2.45, 2.75) is 40.2 Å². The zero-order chi connectivity index (χ0) is 14.0. The molecule has 0 fully saturated rings. The van der Waals surface area contributed by atoms with E-state index >= 15 is 0 Å². The van der Waals surface area contributed by atoms with Crippen LogP contribution >= 0.6 is 11.3 Å². The van der Waals surface area contributed by atoms with E-state index in [1.54, 1.807) is 17.7 Å². The topological polar surface area (TPSA) is 63.8 Å². The Kier molecular flexibility index (Phi) is 4.06. The molecule has 2 rings (SSSR count). The standard InChI is InChI=1S/C14H22N4S/c1-9-7-19-12-11(9)17-8-18-13(12)16-6-10(15)5-14(2,3)4/h7-8,10H,5-6,15H2,1-4H3,(H,16,17,18). The third-order valence-corrected chi connectivity index (χ3v) is 4.03. The minimum atomic E-state index is 0.131. The molecule has 2 aromatic rings. The van der Waals surface area contributed by atoms with Gasteiger partial charge in [-0.25, -0.2) is 9.97 Å². The summed E-state index contributed by atoms with van der Waals surface area (Å²) in [6.45, 7) is 9.43. The van der Waals surface area contributed by atoms with Gasteiger partial charge in [0.25, 0.3) is 0 Å². The van der Waals surface area contributed by atoms with Gasteiger partial charge in [-0.2, -0.15) is 0 Å². The molecule has 0 spiro atoms. The van der Waals surface area contributed by atoms with Gasteiger partial charge in [-0.1, -0.05) is 20.8 Å². The first-order valence-electron chi connectivity index (χ1n) is 6.55. The molecular formula is C14H22N4S. The molecule has 0 saturated heterocycles. The smallest absolute Gasteiger partial charge is 0.147 e. The molecule has 0 amide bonds. The third kappa shape index (κ3) is 3.64. The molecule has 0 radical (unpaired) electrons. The number of aryl methyl sites for hydroxylation is 1. The fraction of sp³-hybridized carbons (Fsp3) is 0.571. The van der Waals surface area contributed by atoms with E-state index in [9.17, 15) is 0 Å². The number of nitrogens with one attached hydrogen (secondary N) is 1. The van der Waals surface area contributed by atoms with E-state index in [4.69, 9.17) is 5.73 Å². The summed E-state index contributed by atoms with van der Waals surface area (Å²) in [5.74, 6) is 0.896. The van der Waals surface area contributed by atoms with E-state index in [2.05, 4.69) is 48.4 Å². The zero-order valence-corrected chi connectivity index (χ0v) is 12.8. The lowest BCUT2D eigenvalue weighted by atomic mass is 9.88. The van der Waals surface area contributed by atoms with Crippen molar-refractivity contribution in [3.8, 4) is 0 Å². The van der Waals surface area contributed by atoms with Crippen LogP contribution in [0.15, 0.2) is 11.7 Å². The molecule has 0 aliphatic rings. The van der Waals surface area contributed by atoms with E-state index in [1.807, 2.05) is 0 Å². The molecular weight excluding hydrogens is 256 g/mol. The lowest BCUT2D eigenvalue weighted by Gasteiger charge is -2.23. The monoisotopic (exact) mass is 278 g/mol. The molecule has 0 aliphatic heterocycles. The van der Waals surface area contributed by atoms with Gasteiger partial charge >= 0.3 is 0 Å². The fourth-order valence-corrected chi connectivity index (χ4v) is 3.15. The molecule has 5 heteroatoms. The van der Waals surface area contributed by atoms with Crippen LogP contribution in [-0.4, -0.2) is 22.6 Å². The summed E-state index contributed by atoms with van der Waals surface area (Å²) in [6.07, 6.45) is 2.59. The van der Waals surface area contributed by atoms with Gasteiger partial charge in [-0.3, -0.25) is 0 Å². The Morgan fingerprint density at radius 3 is 2.79 bits per heavy atom. The largest absolute Gasteiger partial charge is 0.367 e. The Labute approximate surface area is 118 Å². The van der Waals surface area contributed by atoms with Crippen LogP contribution in [0, 0.1) is 12.3 Å². The van der Waals surface area contributed by atoms with E-state index in [0.29, 0.717) is 0 Å². The second-order valence-corrected chi connectivity index (χ2v) is 7.10. The SMILES string of the molecule is Cc1csc2c(NCC(N)CC(C)(C)C)ncnc12. The molecule has 104 valence electrons. The van der Waals surface area contributed by atoms with Crippen LogP contribution in [0.5, 0.6) is 0 Å². The Morgan fingerprint density at radius 1 is 1.37 bits per heavy atom. The maximum Gasteiger partial charge on any atom is 0.147 e. The predicted molar refractivity (Wildman–Crippen MR) is 82.7 cm³/mol. The van der Waals surface area contributed by atoms with Crippen molar-refractivity contribution in [3.05, 3.63) is 17.3 Å². The van der Waals surface area contributed by atoms with Crippen molar-refractivity contribution in [1.82, 2.24) is 9.97 Å². The van der Waals surface area contributed by atoms with Crippen LogP contribution in [0.3, 0.4) is 0 Å². The molecule has 1 atom stereocenters. The van der Waals surface area contributed by atoms with Gasteiger partial charge in [0.2, 0.25) is 0 Å². The molecule has 0 saturated carbocycles. The molecule has 19 heavy (non-hydrogen) atoms. The van der Waals surface area contributed by atoms with Crippen LogP contribution in [0.25, 0.3) is 10.2 Å². The summed E-state index contributed by atoms with van der Waals surface area (Å²) >= 11 is 1.68. The maximum absolute atomic E-state index is 6.15. The van der Waals surface area contributed by atoms with Gasteiger partial charge in [0, 0.05) is 12.6 Å². The highest BCUT2D eigenvalue weighted by atomic mass is 32.1. The van der Waals surface area contributed by atoms with Gasteiger partial charge in [-0.05, 0) is 29.7 Å². The summed E-state index contributed by atoms with van der Waals surface area (Å²) in [5.41, 5.74) is 8.64. The van der Waals surface area contributed by atoms with Gasteiger partial charge in [0.1, 0.15) is 12.1 Å². The van der Waals surface area contributed by atoms with E-state index in [0.717, 1.165) is 29.0 Å². The van der Waals surface area contributed by atoms with Crippen LogP contribution in [0.2, 0.25) is 0 Å². The zero-order valence-electron chi connectivity index (χ0n) is 12.0. The van der Waals surface area contributed by atoms with Crippen LogP contribution < -0.4 is 11.1 Å². The Morgan fingerprint density at radius 2 is 2.11 bits per heavy atom. The van der Waals surface area contributed by atoms with Gasteiger partial charge in [-0.15, -0.1) is 11.3 Å². The number of aromatic nitrogens is 2. The molecule has 4 nitrogen and oxygen atoms in total. The predicted octanol–water partition coefficient (Wildman–Crippen LogP) is 3.18. The number of hydrogen-bond donors (Lipinski definition) is 2. The summed E-state index contributed by atoms with van der Waals surface area (Å²) in [7, 11) is 0. The number of anilines is 1. The first-order chi connectivity index (χ1) is 8.87.